The van der Waals surface area contributed by atoms with E-state index in [-0.39, 0.29) is 5.24 Å². The Balaban J connectivity index is 2.31. The molecule has 0 aliphatic carbocycles. The molecule has 1 saturated heterocycles. The molecule has 1 aliphatic heterocycles. The highest BCUT2D eigenvalue weighted by Crippen LogP contribution is 2.16. The van der Waals surface area contributed by atoms with E-state index >= 15 is 0 Å². The summed E-state index contributed by atoms with van der Waals surface area (Å²) in [6, 6.07) is 0. The topological polar surface area (TPSA) is 23.6 Å². The molecule has 1 rings (SSSR count). The molecule has 76 valence electrons. The Bertz CT molecular complexity index is 186. The van der Waals surface area contributed by atoms with Gasteiger partial charge in [0, 0.05) is 20.1 Å². The van der Waals surface area contributed by atoms with E-state index in [0.29, 0.717) is 5.92 Å². The molecule has 0 bridgehead atoms. The number of thiol groups is 1. The third-order valence-corrected chi connectivity index (χ3v) is 2.92. The van der Waals surface area contributed by atoms with E-state index in [1.54, 1.807) is 4.90 Å². The third kappa shape index (κ3) is 3.56. The summed E-state index contributed by atoms with van der Waals surface area (Å²) in [5.74, 6) is 0.625. The van der Waals surface area contributed by atoms with Crippen molar-refractivity contribution in [2.24, 2.45) is 5.92 Å². The largest absolute Gasteiger partial charge is 0.337 e. The van der Waals surface area contributed by atoms with Gasteiger partial charge in [0.15, 0.2) is 0 Å². The van der Waals surface area contributed by atoms with Gasteiger partial charge in [-0.15, -0.1) is 0 Å². The number of nitrogens with zero attached hydrogens (tertiary/aromatic N) is 2. The molecule has 0 aromatic heterocycles. The first-order valence-corrected chi connectivity index (χ1v) is 5.17. The molecule has 0 radical (unpaired) electrons. The van der Waals surface area contributed by atoms with E-state index in [1.807, 2.05) is 7.05 Å². The fourth-order valence-corrected chi connectivity index (χ4v) is 1.97. The Morgan fingerprint density at radius 1 is 1.69 bits per heavy atom. The minimum absolute atomic E-state index is 0.131. The van der Waals surface area contributed by atoms with Crippen molar-refractivity contribution in [2.75, 3.05) is 33.7 Å². The summed E-state index contributed by atoms with van der Waals surface area (Å²) in [4.78, 5) is 14.9. The standard InChI is InChI=1S/C9H18N2OS/c1-10-5-3-4-8(6-10)7-11(2)9(12)13/h8H,3-7H2,1-2H3,(H,12,13). The first kappa shape index (κ1) is 10.9. The van der Waals surface area contributed by atoms with Crippen LogP contribution >= 0.6 is 12.6 Å². The lowest BCUT2D eigenvalue weighted by Gasteiger charge is -2.31. The summed E-state index contributed by atoms with van der Waals surface area (Å²) in [6.45, 7) is 3.13. The van der Waals surface area contributed by atoms with Gasteiger partial charge in [0.05, 0.1) is 0 Å². The van der Waals surface area contributed by atoms with Gasteiger partial charge in [-0.2, -0.15) is 0 Å². The maximum atomic E-state index is 10.9. The molecule has 0 aromatic carbocycles. The second-order valence-electron chi connectivity index (χ2n) is 3.93. The van der Waals surface area contributed by atoms with Crippen LogP contribution in [0.5, 0.6) is 0 Å². The van der Waals surface area contributed by atoms with Gasteiger partial charge in [0.2, 0.25) is 0 Å². The van der Waals surface area contributed by atoms with Crippen LogP contribution < -0.4 is 0 Å². The monoisotopic (exact) mass is 202 g/mol. The second kappa shape index (κ2) is 4.86. The SMILES string of the molecule is CN1CCCC(CN(C)C(=O)S)C1. The maximum absolute atomic E-state index is 10.9. The van der Waals surface area contributed by atoms with Crippen LogP contribution in [-0.2, 0) is 0 Å². The number of rotatable bonds is 2. The highest BCUT2D eigenvalue weighted by molar-refractivity contribution is 7.96. The number of piperidine rings is 1. The van der Waals surface area contributed by atoms with Gasteiger partial charge in [0.25, 0.3) is 5.24 Å². The molecule has 1 fully saturated rings. The van der Waals surface area contributed by atoms with Crippen LogP contribution in [0.2, 0.25) is 0 Å². The van der Waals surface area contributed by atoms with Crippen LogP contribution in [0.3, 0.4) is 0 Å². The van der Waals surface area contributed by atoms with Gasteiger partial charge in [0.1, 0.15) is 0 Å². The molecule has 0 spiro atoms. The van der Waals surface area contributed by atoms with Crippen molar-refractivity contribution in [3.63, 3.8) is 0 Å². The molecule has 3 nitrogen and oxygen atoms in total. The molecule has 1 aliphatic rings. The molecular weight excluding hydrogens is 184 g/mol. The van der Waals surface area contributed by atoms with Crippen LogP contribution in [-0.4, -0.2) is 48.8 Å². The molecule has 0 saturated carbocycles. The lowest BCUT2D eigenvalue weighted by molar-refractivity contribution is 0.174. The van der Waals surface area contributed by atoms with Crippen LogP contribution in [0.4, 0.5) is 4.79 Å². The van der Waals surface area contributed by atoms with Gasteiger partial charge < -0.3 is 9.80 Å². The van der Waals surface area contributed by atoms with Crippen LogP contribution in [0, 0.1) is 5.92 Å². The molecule has 0 N–H and O–H groups in total. The highest BCUT2D eigenvalue weighted by Gasteiger charge is 2.19. The van der Waals surface area contributed by atoms with Gasteiger partial charge in [-0.05, 0) is 32.4 Å². The van der Waals surface area contributed by atoms with E-state index in [4.69, 9.17) is 0 Å². The quantitative estimate of drug-likeness (QED) is 0.683. The summed E-state index contributed by atoms with van der Waals surface area (Å²) in [6.07, 6.45) is 2.48. The van der Waals surface area contributed by atoms with Crippen LogP contribution in [0.25, 0.3) is 0 Å². The second-order valence-corrected chi connectivity index (χ2v) is 4.32. The summed E-state index contributed by atoms with van der Waals surface area (Å²) in [7, 11) is 3.94. The van der Waals surface area contributed by atoms with E-state index in [1.165, 1.54) is 19.4 Å². The Morgan fingerprint density at radius 3 is 2.92 bits per heavy atom. The zero-order valence-electron chi connectivity index (χ0n) is 8.36. The van der Waals surface area contributed by atoms with Crippen LogP contribution in [0.1, 0.15) is 12.8 Å². The summed E-state index contributed by atoms with van der Waals surface area (Å²) < 4.78 is 0. The minimum atomic E-state index is -0.131. The molecule has 1 unspecified atom stereocenters. The third-order valence-electron chi connectivity index (χ3n) is 2.58. The van der Waals surface area contributed by atoms with Crippen molar-refractivity contribution >= 4 is 17.9 Å². The molecule has 1 amide bonds. The number of likely N-dealkylation sites (tertiary alicyclic amines) is 1. The lowest BCUT2D eigenvalue weighted by Crippen LogP contribution is -2.38. The van der Waals surface area contributed by atoms with Crippen LogP contribution in [0.15, 0.2) is 0 Å². The highest BCUT2D eigenvalue weighted by atomic mass is 32.1. The summed E-state index contributed by atoms with van der Waals surface area (Å²) in [5, 5.41) is -0.131. The fraction of sp³-hybridized carbons (Fsp3) is 0.889. The van der Waals surface area contributed by atoms with Crippen molar-refractivity contribution in [3.05, 3.63) is 0 Å². The molecule has 1 atom stereocenters. The number of hydrogen-bond acceptors (Lipinski definition) is 2. The first-order valence-electron chi connectivity index (χ1n) is 4.72. The Hall–Kier alpha value is -0.220. The molecule has 1 heterocycles. The normalized spacial score (nSPS) is 24.4. The molecule has 0 aromatic rings. The minimum Gasteiger partial charge on any atom is -0.337 e. The first-order chi connectivity index (χ1) is 6.09. The Morgan fingerprint density at radius 2 is 2.38 bits per heavy atom. The Kier molecular flexibility index (Phi) is 4.06. The zero-order valence-corrected chi connectivity index (χ0v) is 9.26. The van der Waals surface area contributed by atoms with Crippen molar-refractivity contribution < 1.29 is 4.79 Å². The molecular formula is C9H18N2OS. The maximum Gasteiger partial charge on any atom is 0.278 e. The van der Waals surface area contributed by atoms with Gasteiger partial charge in [-0.25, -0.2) is 0 Å². The predicted octanol–water partition coefficient (Wildman–Crippen LogP) is 1.31. The van der Waals surface area contributed by atoms with E-state index in [2.05, 4.69) is 24.6 Å². The van der Waals surface area contributed by atoms with E-state index in [9.17, 15) is 4.79 Å². The van der Waals surface area contributed by atoms with Crippen molar-refractivity contribution in [3.8, 4) is 0 Å². The van der Waals surface area contributed by atoms with Crippen molar-refractivity contribution in [1.82, 2.24) is 9.80 Å². The number of carbonyl (C=O) groups is 1. The lowest BCUT2D eigenvalue weighted by atomic mass is 9.98. The molecule has 13 heavy (non-hydrogen) atoms. The van der Waals surface area contributed by atoms with E-state index < -0.39 is 0 Å². The zero-order chi connectivity index (χ0) is 9.84. The average molecular weight is 202 g/mol. The van der Waals surface area contributed by atoms with Crippen molar-refractivity contribution in [1.29, 1.82) is 0 Å². The Labute approximate surface area is 85.5 Å². The molecule has 4 heteroatoms. The van der Waals surface area contributed by atoms with E-state index in [0.717, 1.165) is 13.1 Å². The number of carbonyl (C=O) groups excluding carboxylic acids is 1. The van der Waals surface area contributed by atoms with Gasteiger partial charge >= 0.3 is 0 Å². The van der Waals surface area contributed by atoms with Crippen molar-refractivity contribution in [2.45, 2.75) is 12.8 Å². The predicted molar refractivity (Wildman–Crippen MR) is 57.2 cm³/mol. The van der Waals surface area contributed by atoms with Gasteiger partial charge in [-0.3, -0.25) is 4.79 Å². The summed E-state index contributed by atoms with van der Waals surface area (Å²) in [5.41, 5.74) is 0. The average Bonchev–Trinajstić information content (AvgIpc) is 2.04. The summed E-state index contributed by atoms with van der Waals surface area (Å²) >= 11 is 3.79. The number of amides is 1. The smallest absolute Gasteiger partial charge is 0.278 e. The fourth-order valence-electron chi connectivity index (χ4n) is 1.89. The van der Waals surface area contributed by atoms with Gasteiger partial charge in [-0.1, -0.05) is 12.6 Å². The number of hydrogen-bond donors (Lipinski definition) is 1.